The van der Waals surface area contributed by atoms with Gasteiger partial charge in [0, 0.05) is 30.2 Å². The number of nitrogens with zero attached hydrogens (tertiary/aromatic N) is 1. The van der Waals surface area contributed by atoms with Crippen LogP contribution in [0.2, 0.25) is 5.02 Å². The molecule has 1 aliphatic rings. The van der Waals surface area contributed by atoms with Crippen molar-refractivity contribution in [1.29, 1.82) is 0 Å². The van der Waals surface area contributed by atoms with Crippen molar-refractivity contribution in [1.82, 2.24) is 4.90 Å². The number of ether oxygens (including phenoxy) is 1. The van der Waals surface area contributed by atoms with Gasteiger partial charge in [-0.1, -0.05) is 11.6 Å². The van der Waals surface area contributed by atoms with E-state index in [9.17, 15) is 13.9 Å². The van der Waals surface area contributed by atoms with Gasteiger partial charge in [-0.25, -0.2) is 0 Å². The predicted octanol–water partition coefficient (Wildman–Crippen LogP) is 2.51. The lowest BCUT2D eigenvalue weighted by molar-refractivity contribution is -0.0507. The van der Waals surface area contributed by atoms with E-state index in [-0.39, 0.29) is 11.9 Å². The Morgan fingerprint density at radius 1 is 1.50 bits per heavy atom. The Hall–Kier alpha value is -0.910. The Morgan fingerprint density at radius 2 is 2.28 bits per heavy atom. The molecular formula is C12H14ClF2NO2. The summed E-state index contributed by atoms with van der Waals surface area (Å²) in [6, 6.07) is 4.57. The smallest absolute Gasteiger partial charge is 0.387 e. The van der Waals surface area contributed by atoms with Crippen LogP contribution in [-0.4, -0.2) is 35.8 Å². The molecule has 1 heterocycles. The van der Waals surface area contributed by atoms with Crippen LogP contribution in [0.1, 0.15) is 12.0 Å². The Balaban J connectivity index is 2.11. The van der Waals surface area contributed by atoms with Gasteiger partial charge in [0.2, 0.25) is 0 Å². The van der Waals surface area contributed by atoms with Crippen LogP contribution in [0, 0.1) is 0 Å². The average Bonchev–Trinajstić information content (AvgIpc) is 2.67. The molecule has 0 spiro atoms. The highest BCUT2D eigenvalue weighted by molar-refractivity contribution is 6.30. The maximum atomic E-state index is 12.3. The number of halogens is 3. The number of hydrogen-bond acceptors (Lipinski definition) is 3. The maximum Gasteiger partial charge on any atom is 0.387 e. The SMILES string of the molecule is O[C@H]1CCN(Cc2cc(Cl)ccc2OC(F)F)C1. The van der Waals surface area contributed by atoms with E-state index < -0.39 is 6.61 Å². The van der Waals surface area contributed by atoms with Crippen LogP contribution in [0.4, 0.5) is 8.78 Å². The van der Waals surface area contributed by atoms with Gasteiger partial charge in [0.15, 0.2) is 0 Å². The van der Waals surface area contributed by atoms with Gasteiger partial charge in [-0.15, -0.1) is 0 Å². The van der Waals surface area contributed by atoms with Crippen LogP contribution >= 0.6 is 11.6 Å². The van der Waals surface area contributed by atoms with E-state index >= 15 is 0 Å². The van der Waals surface area contributed by atoms with Crippen LogP contribution in [0.3, 0.4) is 0 Å². The van der Waals surface area contributed by atoms with E-state index in [2.05, 4.69) is 4.74 Å². The fraction of sp³-hybridized carbons (Fsp3) is 0.500. The van der Waals surface area contributed by atoms with Gasteiger partial charge in [0.1, 0.15) is 5.75 Å². The molecule has 0 aliphatic carbocycles. The summed E-state index contributed by atoms with van der Waals surface area (Å²) in [5.41, 5.74) is 0.608. The number of β-amino-alcohol motifs (C(OH)–C–C–N with tert-alkyl or cyclic N) is 1. The first-order valence-electron chi connectivity index (χ1n) is 5.68. The third kappa shape index (κ3) is 3.54. The summed E-state index contributed by atoms with van der Waals surface area (Å²) in [6.07, 6.45) is 0.356. The van der Waals surface area contributed by atoms with Crippen molar-refractivity contribution in [3.05, 3.63) is 28.8 Å². The predicted molar refractivity (Wildman–Crippen MR) is 64.0 cm³/mol. The van der Waals surface area contributed by atoms with Crippen molar-refractivity contribution in [2.24, 2.45) is 0 Å². The number of hydrogen-bond donors (Lipinski definition) is 1. The van der Waals surface area contributed by atoms with E-state index in [1.807, 2.05) is 4.90 Å². The molecule has 1 aromatic rings. The van der Waals surface area contributed by atoms with Crippen molar-refractivity contribution < 1.29 is 18.6 Å². The number of aliphatic hydroxyl groups excluding tert-OH is 1. The van der Waals surface area contributed by atoms with Crippen molar-refractivity contribution in [2.45, 2.75) is 25.7 Å². The highest BCUT2D eigenvalue weighted by Crippen LogP contribution is 2.27. The first-order valence-corrected chi connectivity index (χ1v) is 6.06. The summed E-state index contributed by atoms with van der Waals surface area (Å²) in [4.78, 5) is 1.98. The zero-order valence-corrected chi connectivity index (χ0v) is 10.4. The summed E-state index contributed by atoms with van der Waals surface area (Å²) < 4.78 is 29.0. The minimum Gasteiger partial charge on any atom is -0.434 e. The molecule has 1 N–H and O–H groups in total. The lowest BCUT2D eigenvalue weighted by Crippen LogP contribution is -2.22. The number of benzene rings is 1. The molecule has 0 radical (unpaired) electrons. The van der Waals surface area contributed by atoms with Gasteiger partial charge in [0.05, 0.1) is 6.10 Å². The Kier molecular flexibility index (Phi) is 4.37. The minimum absolute atomic E-state index is 0.135. The second-order valence-corrected chi connectivity index (χ2v) is 4.74. The van der Waals surface area contributed by atoms with Crippen molar-refractivity contribution in [3.63, 3.8) is 0 Å². The number of aliphatic hydroxyl groups is 1. The maximum absolute atomic E-state index is 12.3. The highest BCUT2D eigenvalue weighted by Gasteiger charge is 2.21. The molecule has 100 valence electrons. The van der Waals surface area contributed by atoms with E-state index in [1.54, 1.807) is 6.07 Å². The Morgan fingerprint density at radius 3 is 2.89 bits per heavy atom. The van der Waals surface area contributed by atoms with Crippen LogP contribution in [0.15, 0.2) is 18.2 Å². The summed E-state index contributed by atoms with van der Waals surface area (Å²) >= 11 is 5.86. The van der Waals surface area contributed by atoms with E-state index in [1.165, 1.54) is 12.1 Å². The minimum atomic E-state index is -2.85. The second kappa shape index (κ2) is 5.82. The number of rotatable bonds is 4. The first-order chi connectivity index (χ1) is 8.54. The van der Waals surface area contributed by atoms with Crippen molar-refractivity contribution in [2.75, 3.05) is 13.1 Å². The Labute approximate surface area is 109 Å². The van der Waals surface area contributed by atoms with E-state index in [4.69, 9.17) is 11.6 Å². The summed E-state index contributed by atoms with van der Waals surface area (Å²) in [7, 11) is 0. The first kappa shape index (κ1) is 13.5. The molecule has 2 rings (SSSR count). The van der Waals surface area contributed by atoms with Crippen LogP contribution < -0.4 is 4.74 Å². The fourth-order valence-electron chi connectivity index (χ4n) is 2.08. The molecule has 0 unspecified atom stereocenters. The molecule has 1 fully saturated rings. The number of alkyl halides is 2. The molecule has 18 heavy (non-hydrogen) atoms. The van der Waals surface area contributed by atoms with Crippen LogP contribution in [0.25, 0.3) is 0 Å². The van der Waals surface area contributed by atoms with Crippen molar-refractivity contribution in [3.8, 4) is 5.75 Å². The second-order valence-electron chi connectivity index (χ2n) is 4.31. The molecule has 1 aromatic carbocycles. The zero-order valence-electron chi connectivity index (χ0n) is 9.65. The third-order valence-electron chi connectivity index (χ3n) is 2.88. The quantitative estimate of drug-likeness (QED) is 0.918. The molecule has 1 atom stereocenters. The molecule has 0 amide bonds. The lowest BCUT2D eigenvalue weighted by atomic mass is 10.2. The molecule has 1 saturated heterocycles. The summed E-state index contributed by atoms with van der Waals surface area (Å²) in [5, 5.41) is 9.91. The van der Waals surface area contributed by atoms with Gasteiger partial charge in [-0.3, -0.25) is 4.90 Å². The van der Waals surface area contributed by atoms with Crippen LogP contribution in [-0.2, 0) is 6.54 Å². The third-order valence-corrected chi connectivity index (χ3v) is 3.12. The number of likely N-dealkylation sites (tertiary alicyclic amines) is 1. The topological polar surface area (TPSA) is 32.7 Å². The molecule has 3 nitrogen and oxygen atoms in total. The zero-order chi connectivity index (χ0) is 13.1. The van der Waals surface area contributed by atoms with Crippen molar-refractivity contribution >= 4 is 11.6 Å². The average molecular weight is 278 g/mol. The van der Waals surface area contributed by atoms with Gasteiger partial charge in [0.25, 0.3) is 0 Å². The Bertz CT molecular complexity index is 417. The monoisotopic (exact) mass is 277 g/mol. The molecule has 1 aliphatic heterocycles. The summed E-state index contributed by atoms with van der Waals surface area (Å²) in [6.45, 7) is -1.13. The summed E-state index contributed by atoms with van der Waals surface area (Å²) in [5.74, 6) is 0.135. The van der Waals surface area contributed by atoms with E-state index in [0.29, 0.717) is 30.1 Å². The van der Waals surface area contributed by atoms with Crippen LogP contribution in [0.5, 0.6) is 5.75 Å². The lowest BCUT2D eigenvalue weighted by Gasteiger charge is -2.18. The van der Waals surface area contributed by atoms with Gasteiger partial charge in [-0.05, 0) is 24.6 Å². The van der Waals surface area contributed by atoms with Gasteiger partial charge in [-0.2, -0.15) is 8.78 Å². The molecule has 0 bridgehead atoms. The largest absolute Gasteiger partial charge is 0.434 e. The fourth-order valence-corrected chi connectivity index (χ4v) is 2.27. The van der Waals surface area contributed by atoms with Gasteiger partial charge < -0.3 is 9.84 Å². The molecular weight excluding hydrogens is 264 g/mol. The van der Waals surface area contributed by atoms with Gasteiger partial charge >= 0.3 is 6.61 Å². The molecule has 6 heteroatoms. The van der Waals surface area contributed by atoms with E-state index in [0.717, 1.165) is 6.54 Å². The molecule has 0 aromatic heterocycles. The normalized spacial score (nSPS) is 20.6. The highest BCUT2D eigenvalue weighted by atomic mass is 35.5. The standard InChI is InChI=1S/C12H14ClF2NO2/c13-9-1-2-11(18-12(14)15)8(5-9)6-16-4-3-10(17)7-16/h1-2,5,10,12,17H,3-4,6-7H2/t10-/m0/s1. The molecule has 0 saturated carbocycles.